The Kier molecular flexibility index (Phi) is 3.23. The monoisotopic (exact) mass is 254 g/mol. The number of benzene rings is 1. The molecule has 0 amide bonds. The number of hydrogen-bond acceptors (Lipinski definition) is 3. The maximum atomic E-state index is 11.4. The van der Waals surface area contributed by atoms with Crippen molar-refractivity contribution < 1.29 is 13.5 Å². The molecule has 1 aliphatic heterocycles. The maximum absolute atomic E-state index is 11.4. The summed E-state index contributed by atoms with van der Waals surface area (Å²) in [5.74, 6) is -0.329. The Morgan fingerprint density at radius 2 is 1.94 bits per heavy atom. The molecule has 17 heavy (non-hydrogen) atoms. The number of aliphatic hydroxyl groups excluding tert-OH is 1. The Morgan fingerprint density at radius 1 is 1.24 bits per heavy atom. The molecular formula is C11H14N2O3S. The van der Waals surface area contributed by atoms with Gasteiger partial charge in [-0.25, -0.2) is 4.72 Å². The summed E-state index contributed by atoms with van der Waals surface area (Å²) in [6.45, 7) is 0.355. The highest BCUT2D eigenvalue weighted by Crippen LogP contribution is 2.12. The van der Waals surface area contributed by atoms with Gasteiger partial charge in [-0.1, -0.05) is 30.3 Å². The second-order valence-corrected chi connectivity index (χ2v) is 5.44. The van der Waals surface area contributed by atoms with E-state index in [9.17, 15) is 8.42 Å². The average Bonchev–Trinajstić information content (AvgIpc) is 2.53. The highest BCUT2D eigenvalue weighted by Gasteiger charge is 2.26. The SMILES string of the molecule is O=S1(=O)NC(O)=CN1CCCc1ccccc1. The van der Waals surface area contributed by atoms with Gasteiger partial charge in [-0.2, -0.15) is 8.42 Å². The molecule has 0 spiro atoms. The summed E-state index contributed by atoms with van der Waals surface area (Å²) in [6.07, 6.45) is 2.70. The topological polar surface area (TPSA) is 69.6 Å². The van der Waals surface area contributed by atoms with E-state index in [1.165, 1.54) is 11.8 Å². The molecule has 0 radical (unpaired) electrons. The minimum absolute atomic E-state index is 0.329. The van der Waals surface area contributed by atoms with Crippen LogP contribution in [-0.2, 0) is 16.6 Å². The van der Waals surface area contributed by atoms with Crippen molar-refractivity contribution in [1.29, 1.82) is 0 Å². The first-order valence-electron chi connectivity index (χ1n) is 5.32. The van der Waals surface area contributed by atoms with Crippen LogP contribution in [0.1, 0.15) is 12.0 Å². The van der Waals surface area contributed by atoms with Crippen LogP contribution in [0.25, 0.3) is 0 Å². The lowest BCUT2D eigenvalue weighted by Crippen LogP contribution is -2.30. The lowest BCUT2D eigenvalue weighted by molar-refractivity contribution is 0.390. The summed E-state index contributed by atoms with van der Waals surface area (Å²) in [5.41, 5.74) is 1.17. The zero-order valence-electron chi connectivity index (χ0n) is 9.20. The van der Waals surface area contributed by atoms with Crippen LogP contribution >= 0.6 is 0 Å². The van der Waals surface area contributed by atoms with Crippen LogP contribution in [-0.4, -0.2) is 24.4 Å². The van der Waals surface area contributed by atoms with Crippen LogP contribution in [0.3, 0.4) is 0 Å². The summed E-state index contributed by atoms with van der Waals surface area (Å²) in [6, 6.07) is 9.86. The molecule has 0 atom stereocenters. The van der Waals surface area contributed by atoms with Gasteiger partial charge in [0.05, 0.1) is 6.20 Å². The van der Waals surface area contributed by atoms with Crippen LogP contribution in [0.15, 0.2) is 42.4 Å². The molecule has 0 saturated heterocycles. The van der Waals surface area contributed by atoms with Gasteiger partial charge in [0.1, 0.15) is 0 Å². The summed E-state index contributed by atoms with van der Waals surface area (Å²) >= 11 is 0. The zero-order chi connectivity index (χ0) is 12.3. The van der Waals surface area contributed by atoms with Crippen LogP contribution in [0, 0.1) is 0 Å². The van der Waals surface area contributed by atoms with Crippen molar-refractivity contribution in [3.63, 3.8) is 0 Å². The number of nitrogens with one attached hydrogen (secondary N) is 1. The van der Waals surface area contributed by atoms with Crippen molar-refractivity contribution >= 4 is 10.2 Å². The van der Waals surface area contributed by atoms with E-state index in [0.29, 0.717) is 13.0 Å². The molecule has 0 bridgehead atoms. The lowest BCUT2D eigenvalue weighted by Gasteiger charge is -2.13. The third-order valence-electron chi connectivity index (χ3n) is 2.50. The van der Waals surface area contributed by atoms with Crippen molar-refractivity contribution in [1.82, 2.24) is 9.03 Å². The highest BCUT2D eigenvalue weighted by atomic mass is 32.2. The fraction of sp³-hybridized carbons (Fsp3) is 0.273. The van der Waals surface area contributed by atoms with Crippen molar-refractivity contribution in [3.8, 4) is 0 Å². The first-order valence-corrected chi connectivity index (χ1v) is 6.76. The van der Waals surface area contributed by atoms with Gasteiger partial charge < -0.3 is 5.11 Å². The largest absolute Gasteiger partial charge is 0.493 e. The Labute approximate surface area is 101 Å². The lowest BCUT2D eigenvalue weighted by atomic mass is 10.1. The Morgan fingerprint density at radius 3 is 2.53 bits per heavy atom. The van der Waals surface area contributed by atoms with Gasteiger partial charge in [0.25, 0.3) is 0 Å². The van der Waals surface area contributed by atoms with Crippen LogP contribution in [0.5, 0.6) is 0 Å². The van der Waals surface area contributed by atoms with Crippen molar-refractivity contribution in [2.24, 2.45) is 0 Å². The molecule has 1 aromatic rings. The standard InChI is InChI=1S/C11H14N2O3S/c14-11-9-13(17(15,16)12-11)8-4-7-10-5-2-1-3-6-10/h1-3,5-6,9,12,14H,4,7-8H2. The van der Waals surface area contributed by atoms with E-state index < -0.39 is 10.2 Å². The molecular weight excluding hydrogens is 240 g/mol. The first-order chi connectivity index (χ1) is 8.08. The molecule has 5 nitrogen and oxygen atoms in total. The van der Waals surface area contributed by atoms with Gasteiger partial charge in [-0.05, 0) is 18.4 Å². The van der Waals surface area contributed by atoms with E-state index in [-0.39, 0.29) is 5.88 Å². The van der Waals surface area contributed by atoms with Crippen molar-refractivity contribution in [2.45, 2.75) is 12.8 Å². The minimum atomic E-state index is -3.55. The van der Waals surface area contributed by atoms with Gasteiger partial charge >= 0.3 is 10.2 Å². The summed E-state index contributed by atoms with van der Waals surface area (Å²) in [4.78, 5) is 0. The number of aryl methyl sites for hydroxylation is 1. The number of hydrogen-bond donors (Lipinski definition) is 2. The molecule has 0 aromatic heterocycles. The second-order valence-electron chi connectivity index (χ2n) is 3.82. The highest BCUT2D eigenvalue weighted by molar-refractivity contribution is 7.87. The zero-order valence-corrected chi connectivity index (χ0v) is 10.0. The molecule has 2 N–H and O–H groups in total. The molecule has 1 aliphatic rings. The quantitative estimate of drug-likeness (QED) is 0.846. The van der Waals surface area contributed by atoms with E-state index >= 15 is 0 Å². The Balaban J connectivity index is 1.87. The molecule has 1 heterocycles. The van der Waals surface area contributed by atoms with Crippen LogP contribution < -0.4 is 4.72 Å². The van der Waals surface area contributed by atoms with E-state index in [2.05, 4.69) is 0 Å². The second kappa shape index (κ2) is 4.67. The molecule has 0 aliphatic carbocycles. The number of nitrogens with zero attached hydrogens (tertiary/aromatic N) is 1. The Bertz CT molecular complexity index is 511. The molecule has 0 saturated carbocycles. The van der Waals surface area contributed by atoms with Gasteiger partial charge in [-0.15, -0.1) is 0 Å². The van der Waals surface area contributed by atoms with Crippen LogP contribution in [0.2, 0.25) is 0 Å². The molecule has 0 fully saturated rings. The number of rotatable bonds is 4. The molecule has 6 heteroatoms. The van der Waals surface area contributed by atoms with Gasteiger partial charge in [0.2, 0.25) is 5.88 Å². The summed E-state index contributed by atoms with van der Waals surface area (Å²) in [7, 11) is -3.55. The molecule has 92 valence electrons. The van der Waals surface area contributed by atoms with Gasteiger partial charge in [-0.3, -0.25) is 4.31 Å². The molecule has 2 rings (SSSR count). The Hall–Kier alpha value is -1.69. The van der Waals surface area contributed by atoms with E-state index in [1.807, 2.05) is 35.1 Å². The molecule has 0 unspecified atom stereocenters. The fourth-order valence-corrected chi connectivity index (χ4v) is 2.73. The smallest absolute Gasteiger partial charge is 0.325 e. The molecule has 1 aromatic carbocycles. The summed E-state index contributed by atoms with van der Waals surface area (Å²) in [5, 5.41) is 9.08. The van der Waals surface area contributed by atoms with Crippen LogP contribution in [0.4, 0.5) is 0 Å². The third kappa shape index (κ3) is 2.91. The van der Waals surface area contributed by atoms with Gasteiger partial charge in [0, 0.05) is 6.54 Å². The minimum Gasteiger partial charge on any atom is -0.493 e. The van der Waals surface area contributed by atoms with Crippen molar-refractivity contribution in [2.75, 3.05) is 6.54 Å². The normalized spacial score (nSPS) is 17.6. The average molecular weight is 254 g/mol. The van der Waals surface area contributed by atoms with Crippen molar-refractivity contribution in [3.05, 3.63) is 48.0 Å². The maximum Gasteiger partial charge on any atom is 0.325 e. The first kappa shape index (κ1) is 11.8. The predicted octanol–water partition coefficient (Wildman–Crippen LogP) is 1.13. The van der Waals surface area contributed by atoms with E-state index in [4.69, 9.17) is 5.11 Å². The van der Waals surface area contributed by atoms with E-state index in [1.54, 1.807) is 0 Å². The van der Waals surface area contributed by atoms with E-state index in [0.717, 1.165) is 10.7 Å². The summed E-state index contributed by atoms with van der Waals surface area (Å²) < 4.78 is 26.0. The third-order valence-corrected chi connectivity index (χ3v) is 3.87. The van der Waals surface area contributed by atoms with Gasteiger partial charge in [0.15, 0.2) is 0 Å². The fourth-order valence-electron chi connectivity index (χ4n) is 1.69. The predicted molar refractivity (Wildman–Crippen MR) is 64.2 cm³/mol. The number of aliphatic hydroxyl groups is 1.